The van der Waals surface area contributed by atoms with Gasteiger partial charge in [-0.2, -0.15) is 17.0 Å². The fourth-order valence-corrected chi connectivity index (χ4v) is 4.93. The van der Waals surface area contributed by atoms with Crippen LogP contribution >= 0.6 is 0 Å². The molecule has 2 saturated heterocycles. The zero-order chi connectivity index (χ0) is 17.7. The maximum atomic E-state index is 12.7. The molecule has 1 N–H and O–H groups in total. The minimum Gasteiger partial charge on any atom is -0.375 e. The molecule has 2 aliphatic heterocycles. The Morgan fingerprint density at radius 2 is 1.76 bits per heavy atom. The summed E-state index contributed by atoms with van der Waals surface area (Å²) >= 11 is 0. The third-order valence-corrected chi connectivity index (χ3v) is 6.67. The SMILES string of the molecule is O=C(CNc1cccnc1)N1CCCN(S(=O)(=O)N2CCCC2)CC1. The number of anilines is 1. The monoisotopic (exact) mass is 367 g/mol. The lowest BCUT2D eigenvalue weighted by Crippen LogP contribution is -2.44. The van der Waals surface area contributed by atoms with Crippen LogP contribution in [0.3, 0.4) is 0 Å². The third-order valence-electron chi connectivity index (χ3n) is 4.63. The topological polar surface area (TPSA) is 85.9 Å². The van der Waals surface area contributed by atoms with Crippen LogP contribution in [-0.4, -0.2) is 78.6 Å². The number of nitrogens with one attached hydrogen (secondary N) is 1. The maximum absolute atomic E-state index is 12.7. The molecular weight excluding hydrogens is 342 g/mol. The van der Waals surface area contributed by atoms with Crippen molar-refractivity contribution in [1.82, 2.24) is 18.5 Å². The molecule has 9 heteroatoms. The molecule has 1 aromatic rings. The molecule has 1 aromatic heterocycles. The molecule has 0 aliphatic carbocycles. The van der Waals surface area contributed by atoms with Crippen LogP contribution in [0.4, 0.5) is 5.69 Å². The van der Waals surface area contributed by atoms with Crippen molar-refractivity contribution in [2.75, 3.05) is 51.1 Å². The minimum atomic E-state index is -3.38. The number of carbonyl (C=O) groups excluding carboxylic acids is 1. The van der Waals surface area contributed by atoms with E-state index in [2.05, 4.69) is 10.3 Å². The molecular formula is C16H25N5O3S. The van der Waals surface area contributed by atoms with E-state index in [0.717, 1.165) is 18.5 Å². The number of carbonyl (C=O) groups is 1. The van der Waals surface area contributed by atoms with Crippen molar-refractivity contribution < 1.29 is 13.2 Å². The summed E-state index contributed by atoms with van der Waals surface area (Å²) in [6.07, 6.45) is 5.86. The lowest BCUT2D eigenvalue weighted by molar-refractivity contribution is -0.129. The summed E-state index contributed by atoms with van der Waals surface area (Å²) < 4.78 is 28.4. The number of aromatic nitrogens is 1. The molecule has 2 fully saturated rings. The lowest BCUT2D eigenvalue weighted by Gasteiger charge is -2.26. The van der Waals surface area contributed by atoms with E-state index in [-0.39, 0.29) is 12.5 Å². The Hall–Kier alpha value is -1.71. The van der Waals surface area contributed by atoms with Crippen molar-refractivity contribution in [1.29, 1.82) is 0 Å². The first-order chi connectivity index (χ1) is 12.1. The molecule has 0 unspecified atom stereocenters. The second-order valence-electron chi connectivity index (χ2n) is 6.34. The Kier molecular flexibility index (Phi) is 5.87. The van der Waals surface area contributed by atoms with Gasteiger partial charge in [-0.05, 0) is 31.4 Å². The summed E-state index contributed by atoms with van der Waals surface area (Å²) in [5.74, 6) is -0.0238. The molecule has 3 rings (SSSR count). The number of hydrogen-bond donors (Lipinski definition) is 1. The molecule has 0 atom stereocenters. The highest BCUT2D eigenvalue weighted by atomic mass is 32.2. The molecule has 0 saturated carbocycles. The van der Waals surface area contributed by atoms with Gasteiger partial charge in [0.15, 0.2) is 0 Å². The van der Waals surface area contributed by atoms with Crippen molar-refractivity contribution in [3.63, 3.8) is 0 Å². The highest BCUT2D eigenvalue weighted by Crippen LogP contribution is 2.18. The zero-order valence-electron chi connectivity index (χ0n) is 14.3. The van der Waals surface area contributed by atoms with Gasteiger partial charge in [-0.15, -0.1) is 0 Å². The van der Waals surface area contributed by atoms with Crippen molar-refractivity contribution in [3.05, 3.63) is 24.5 Å². The average Bonchev–Trinajstić information content (AvgIpc) is 3.06. The van der Waals surface area contributed by atoms with E-state index in [9.17, 15) is 13.2 Å². The highest BCUT2D eigenvalue weighted by Gasteiger charge is 2.33. The van der Waals surface area contributed by atoms with Crippen molar-refractivity contribution in [3.8, 4) is 0 Å². The second kappa shape index (κ2) is 8.11. The molecule has 0 spiro atoms. The highest BCUT2D eigenvalue weighted by molar-refractivity contribution is 7.86. The van der Waals surface area contributed by atoms with E-state index >= 15 is 0 Å². The number of rotatable bonds is 5. The summed E-state index contributed by atoms with van der Waals surface area (Å²) in [5.41, 5.74) is 0.795. The normalized spacial score (nSPS) is 20.4. The van der Waals surface area contributed by atoms with Crippen LogP contribution in [0.15, 0.2) is 24.5 Å². The van der Waals surface area contributed by atoms with Crippen LogP contribution in [0.2, 0.25) is 0 Å². The van der Waals surface area contributed by atoms with Gasteiger partial charge in [-0.1, -0.05) is 0 Å². The van der Waals surface area contributed by atoms with E-state index in [1.54, 1.807) is 27.7 Å². The van der Waals surface area contributed by atoms with E-state index < -0.39 is 10.2 Å². The Labute approximate surface area is 149 Å². The number of pyridine rings is 1. The predicted molar refractivity (Wildman–Crippen MR) is 95.2 cm³/mol. The van der Waals surface area contributed by atoms with E-state index in [0.29, 0.717) is 45.7 Å². The number of nitrogens with zero attached hydrogens (tertiary/aromatic N) is 4. The summed E-state index contributed by atoms with van der Waals surface area (Å²) in [5, 5.41) is 3.05. The second-order valence-corrected chi connectivity index (χ2v) is 8.27. The lowest BCUT2D eigenvalue weighted by atomic mass is 10.3. The summed E-state index contributed by atoms with van der Waals surface area (Å²) in [6.45, 7) is 3.24. The molecule has 25 heavy (non-hydrogen) atoms. The Morgan fingerprint density at radius 1 is 1.04 bits per heavy atom. The van der Waals surface area contributed by atoms with Crippen LogP contribution in [0.5, 0.6) is 0 Å². The van der Waals surface area contributed by atoms with Gasteiger partial charge >= 0.3 is 0 Å². The van der Waals surface area contributed by atoms with Crippen molar-refractivity contribution >= 4 is 21.8 Å². The van der Waals surface area contributed by atoms with Gasteiger partial charge in [0.1, 0.15) is 0 Å². The van der Waals surface area contributed by atoms with Gasteiger partial charge in [0.2, 0.25) is 5.91 Å². The van der Waals surface area contributed by atoms with Gasteiger partial charge in [-0.25, -0.2) is 0 Å². The summed E-state index contributed by atoms with van der Waals surface area (Å²) in [7, 11) is -3.38. The standard InChI is InChI=1S/C16H25N5O3S/c22-16(14-18-15-5-3-6-17-13-15)19-7-4-10-21(12-11-19)25(23,24)20-8-1-2-9-20/h3,5-6,13,18H,1-2,4,7-12,14H2. The molecule has 138 valence electrons. The van der Waals surface area contributed by atoms with Gasteiger partial charge in [0.25, 0.3) is 10.2 Å². The first kappa shape index (κ1) is 18.1. The Balaban J connectivity index is 1.53. The first-order valence-electron chi connectivity index (χ1n) is 8.74. The van der Waals surface area contributed by atoms with Gasteiger partial charge in [0.05, 0.1) is 12.2 Å². The molecule has 0 bridgehead atoms. The number of amides is 1. The maximum Gasteiger partial charge on any atom is 0.282 e. The predicted octanol–water partition coefficient (Wildman–Crippen LogP) is 0.368. The van der Waals surface area contributed by atoms with Gasteiger partial charge < -0.3 is 10.2 Å². The van der Waals surface area contributed by atoms with Gasteiger partial charge in [-0.3, -0.25) is 9.78 Å². The van der Waals surface area contributed by atoms with Crippen LogP contribution in [0.1, 0.15) is 19.3 Å². The molecule has 1 amide bonds. The average molecular weight is 367 g/mol. The first-order valence-corrected chi connectivity index (χ1v) is 10.1. The van der Waals surface area contributed by atoms with Crippen LogP contribution in [0.25, 0.3) is 0 Å². The van der Waals surface area contributed by atoms with Crippen LogP contribution in [0, 0.1) is 0 Å². The zero-order valence-corrected chi connectivity index (χ0v) is 15.1. The number of hydrogen-bond acceptors (Lipinski definition) is 5. The quantitative estimate of drug-likeness (QED) is 0.813. The van der Waals surface area contributed by atoms with Gasteiger partial charge in [0, 0.05) is 51.7 Å². The molecule has 8 nitrogen and oxygen atoms in total. The third kappa shape index (κ3) is 4.47. The molecule has 3 heterocycles. The molecule has 0 radical (unpaired) electrons. The van der Waals surface area contributed by atoms with Crippen molar-refractivity contribution in [2.45, 2.75) is 19.3 Å². The van der Waals surface area contributed by atoms with E-state index in [4.69, 9.17) is 0 Å². The van der Waals surface area contributed by atoms with E-state index in [1.165, 1.54) is 4.31 Å². The van der Waals surface area contributed by atoms with Crippen molar-refractivity contribution in [2.24, 2.45) is 0 Å². The minimum absolute atomic E-state index is 0.0238. The van der Waals surface area contributed by atoms with E-state index in [1.807, 2.05) is 6.07 Å². The molecule has 2 aliphatic rings. The fourth-order valence-electron chi connectivity index (χ4n) is 3.21. The Bertz CT molecular complexity index is 676. The fraction of sp³-hybridized carbons (Fsp3) is 0.625. The molecule has 0 aromatic carbocycles. The summed E-state index contributed by atoms with van der Waals surface area (Å²) in [4.78, 5) is 18.1. The van der Waals surface area contributed by atoms with Crippen LogP contribution in [-0.2, 0) is 15.0 Å². The smallest absolute Gasteiger partial charge is 0.282 e. The Morgan fingerprint density at radius 3 is 2.48 bits per heavy atom. The van der Waals surface area contributed by atoms with Crippen LogP contribution < -0.4 is 5.32 Å². The summed E-state index contributed by atoms with van der Waals surface area (Å²) in [6, 6.07) is 3.66. The largest absolute Gasteiger partial charge is 0.375 e.